The number of benzene rings is 1. The van der Waals surface area contributed by atoms with Crippen LogP contribution in [0.3, 0.4) is 0 Å². The molecule has 29 heavy (non-hydrogen) atoms. The van der Waals surface area contributed by atoms with Crippen molar-refractivity contribution in [3.8, 4) is 6.07 Å². The molecule has 148 valence electrons. The maximum atomic E-state index is 12.9. The van der Waals surface area contributed by atoms with E-state index in [4.69, 9.17) is 5.26 Å². The highest BCUT2D eigenvalue weighted by molar-refractivity contribution is 8.00. The predicted molar refractivity (Wildman–Crippen MR) is 119 cm³/mol. The van der Waals surface area contributed by atoms with E-state index in [1.807, 2.05) is 19.1 Å². The van der Waals surface area contributed by atoms with Gasteiger partial charge >= 0.3 is 0 Å². The standard InChI is InChI=1S/C21H20N4O2S2/c1-4-9-25-20(27)17-11-16(5-2)29-19(17)24-21(25)28-13(3)18(26)23-15-8-6-7-14(10-15)12-22/h4,6-8,10-11,13H,1,5,9H2,2-3H3,(H,23,26). The Bertz CT molecular complexity index is 1170. The van der Waals surface area contributed by atoms with Gasteiger partial charge < -0.3 is 5.32 Å². The van der Waals surface area contributed by atoms with Crippen LogP contribution in [0.25, 0.3) is 10.2 Å². The molecular weight excluding hydrogens is 404 g/mol. The third-order valence-corrected chi connectivity index (χ3v) is 6.50. The molecule has 8 heteroatoms. The summed E-state index contributed by atoms with van der Waals surface area (Å²) in [6.45, 7) is 7.84. The lowest BCUT2D eigenvalue weighted by Gasteiger charge is -2.15. The molecular formula is C21H20N4O2S2. The van der Waals surface area contributed by atoms with Gasteiger partial charge in [-0.25, -0.2) is 4.98 Å². The van der Waals surface area contributed by atoms with Crippen LogP contribution in [-0.4, -0.2) is 20.7 Å². The van der Waals surface area contributed by atoms with Crippen LogP contribution >= 0.6 is 23.1 Å². The first-order chi connectivity index (χ1) is 14.0. The number of carbonyl (C=O) groups excluding carboxylic acids is 1. The van der Waals surface area contributed by atoms with Crippen LogP contribution in [0.15, 0.2) is 52.9 Å². The third kappa shape index (κ3) is 4.58. The molecule has 3 rings (SSSR count). The molecule has 1 unspecified atom stereocenters. The number of thiophene rings is 1. The van der Waals surface area contributed by atoms with Crippen LogP contribution in [0.2, 0.25) is 0 Å². The molecule has 1 amide bonds. The molecule has 0 fully saturated rings. The molecule has 0 bridgehead atoms. The van der Waals surface area contributed by atoms with Crippen LogP contribution in [0.4, 0.5) is 5.69 Å². The van der Waals surface area contributed by atoms with E-state index >= 15 is 0 Å². The first-order valence-corrected chi connectivity index (χ1v) is 10.8. The number of nitrogens with one attached hydrogen (secondary N) is 1. The smallest absolute Gasteiger partial charge is 0.263 e. The van der Waals surface area contributed by atoms with E-state index < -0.39 is 5.25 Å². The fraction of sp³-hybridized carbons (Fsp3) is 0.238. The van der Waals surface area contributed by atoms with Crippen molar-refractivity contribution in [3.63, 3.8) is 0 Å². The summed E-state index contributed by atoms with van der Waals surface area (Å²) >= 11 is 2.73. The normalized spacial score (nSPS) is 11.8. The van der Waals surface area contributed by atoms with Gasteiger partial charge in [0, 0.05) is 17.1 Å². The van der Waals surface area contributed by atoms with Crippen molar-refractivity contribution in [2.45, 2.75) is 37.2 Å². The van der Waals surface area contributed by atoms with Crippen molar-refractivity contribution < 1.29 is 4.79 Å². The number of amides is 1. The Morgan fingerprint density at radius 3 is 2.97 bits per heavy atom. The van der Waals surface area contributed by atoms with Gasteiger partial charge in [-0.1, -0.05) is 30.8 Å². The van der Waals surface area contributed by atoms with E-state index in [0.29, 0.717) is 33.2 Å². The number of fused-ring (bicyclic) bond motifs is 1. The number of nitrogens with zero attached hydrogens (tertiary/aromatic N) is 3. The number of rotatable bonds is 7. The number of thioether (sulfide) groups is 1. The lowest BCUT2D eigenvalue weighted by molar-refractivity contribution is -0.115. The molecule has 0 saturated heterocycles. The fourth-order valence-corrected chi connectivity index (χ4v) is 4.65. The first-order valence-electron chi connectivity index (χ1n) is 9.08. The van der Waals surface area contributed by atoms with Gasteiger partial charge in [0.15, 0.2) is 5.16 Å². The van der Waals surface area contributed by atoms with E-state index in [-0.39, 0.29) is 11.5 Å². The highest BCUT2D eigenvalue weighted by Crippen LogP contribution is 2.27. The van der Waals surface area contributed by atoms with Gasteiger partial charge in [0.25, 0.3) is 5.56 Å². The SMILES string of the molecule is C=CCn1c(SC(C)C(=O)Nc2cccc(C#N)c2)nc2sc(CC)cc2c1=O. The van der Waals surface area contributed by atoms with Crippen molar-refractivity contribution in [1.82, 2.24) is 9.55 Å². The Balaban J connectivity index is 1.88. The minimum absolute atomic E-state index is 0.123. The molecule has 0 aliphatic heterocycles. The number of hydrogen-bond donors (Lipinski definition) is 1. The second-order valence-electron chi connectivity index (χ2n) is 6.33. The van der Waals surface area contributed by atoms with Crippen LogP contribution in [0.1, 0.15) is 24.3 Å². The van der Waals surface area contributed by atoms with Crippen LogP contribution in [0, 0.1) is 11.3 Å². The quantitative estimate of drug-likeness (QED) is 0.349. The van der Waals surface area contributed by atoms with E-state index in [0.717, 1.165) is 11.3 Å². The summed E-state index contributed by atoms with van der Waals surface area (Å²) in [5.74, 6) is -0.231. The number of anilines is 1. The monoisotopic (exact) mass is 424 g/mol. The second-order valence-corrected chi connectivity index (χ2v) is 8.75. The molecule has 0 radical (unpaired) electrons. The van der Waals surface area contributed by atoms with E-state index in [9.17, 15) is 9.59 Å². The van der Waals surface area contributed by atoms with Crippen molar-refractivity contribution in [2.75, 3.05) is 5.32 Å². The summed E-state index contributed by atoms with van der Waals surface area (Å²) in [6, 6.07) is 10.7. The number of hydrogen-bond acceptors (Lipinski definition) is 6. The Hall–Kier alpha value is -2.89. The number of aromatic nitrogens is 2. The van der Waals surface area contributed by atoms with Crippen molar-refractivity contribution in [1.29, 1.82) is 5.26 Å². The minimum Gasteiger partial charge on any atom is -0.325 e. The molecule has 1 aromatic carbocycles. The number of carbonyl (C=O) groups is 1. The lowest BCUT2D eigenvalue weighted by atomic mass is 10.2. The molecule has 0 spiro atoms. The first kappa shape index (κ1) is 20.8. The molecule has 0 aliphatic carbocycles. The van der Waals surface area contributed by atoms with Gasteiger partial charge in [-0.05, 0) is 37.6 Å². The largest absolute Gasteiger partial charge is 0.325 e. The average molecular weight is 425 g/mol. The van der Waals surface area contributed by atoms with E-state index in [1.165, 1.54) is 23.1 Å². The molecule has 6 nitrogen and oxygen atoms in total. The molecule has 3 aromatic rings. The number of allylic oxidation sites excluding steroid dienone is 1. The zero-order valence-corrected chi connectivity index (χ0v) is 17.8. The van der Waals surface area contributed by atoms with Gasteiger partial charge in [-0.3, -0.25) is 14.2 Å². The Kier molecular flexibility index (Phi) is 6.52. The van der Waals surface area contributed by atoms with Crippen molar-refractivity contribution in [3.05, 3.63) is 63.8 Å². The van der Waals surface area contributed by atoms with Crippen LogP contribution in [0.5, 0.6) is 0 Å². The molecule has 1 N–H and O–H groups in total. The molecule has 0 saturated carbocycles. The van der Waals surface area contributed by atoms with Crippen LogP contribution < -0.4 is 10.9 Å². The summed E-state index contributed by atoms with van der Waals surface area (Å²) < 4.78 is 1.55. The highest BCUT2D eigenvalue weighted by atomic mass is 32.2. The number of nitriles is 1. The summed E-state index contributed by atoms with van der Waals surface area (Å²) in [5, 5.41) is 12.4. The summed E-state index contributed by atoms with van der Waals surface area (Å²) in [4.78, 5) is 32.0. The topological polar surface area (TPSA) is 87.8 Å². The summed E-state index contributed by atoms with van der Waals surface area (Å²) in [7, 11) is 0. The second kappa shape index (κ2) is 9.07. The highest BCUT2D eigenvalue weighted by Gasteiger charge is 2.20. The maximum absolute atomic E-state index is 12.9. The molecule has 2 heterocycles. The van der Waals surface area contributed by atoms with Gasteiger partial charge in [-0.15, -0.1) is 17.9 Å². The van der Waals surface area contributed by atoms with Crippen LogP contribution in [-0.2, 0) is 17.8 Å². The zero-order chi connectivity index (χ0) is 21.0. The minimum atomic E-state index is -0.494. The fourth-order valence-electron chi connectivity index (χ4n) is 2.72. The Labute approximate surface area is 176 Å². The predicted octanol–water partition coefficient (Wildman–Crippen LogP) is 4.20. The van der Waals surface area contributed by atoms with Crippen molar-refractivity contribution in [2.24, 2.45) is 0 Å². The Morgan fingerprint density at radius 1 is 1.48 bits per heavy atom. The van der Waals surface area contributed by atoms with Gasteiger partial charge in [0.1, 0.15) is 4.83 Å². The zero-order valence-electron chi connectivity index (χ0n) is 16.1. The summed E-state index contributed by atoms with van der Waals surface area (Å²) in [5.41, 5.74) is 0.904. The Morgan fingerprint density at radius 2 is 2.28 bits per heavy atom. The van der Waals surface area contributed by atoms with Gasteiger partial charge in [-0.2, -0.15) is 5.26 Å². The van der Waals surface area contributed by atoms with Gasteiger partial charge in [0.05, 0.1) is 22.3 Å². The van der Waals surface area contributed by atoms with E-state index in [1.54, 1.807) is 41.8 Å². The van der Waals surface area contributed by atoms with Gasteiger partial charge in [0.2, 0.25) is 5.91 Å². The lowest BCUT2D eigenvalue weighted by Crippen LogP contribution is -2.26. The summed E-state index contributed by atoms with van der Waals surface area (Å²) in [6.07, 6.45) is 2.48. The molecule has 1 atom stereocenters. The maximum Gasteiger partial charge on any atom is 0.263 e. The molecule has 2 aromatic heterocycles. The number of aryl methyl sites for hydroxylation is 1. The van der Waals surface area contributed by atoms with E-state index in [2.05, 4.69) is 16.9 Å². The van der Waals surface area contributed by atoms with Crippen molar-refractivity contribution >= 4 is 44.9 Å². The average Bonchev–Trinajstić information content (AvgIpc) is 3.14. The molecule has 0 aliphatic rings. The third-order valence-electron chi connectivity index (χ3n) is 4.24.